The number of amides is 2. The number of hydrazine groups is 1. The van der Waals surface area contributed by atoms with E-state index >= 15 is 0 Å². The van der Waals surface area contributed by atoms with E-state index in [-0.39, 0.29) is 12.2 Å². The Balaban J connectivity index is 1.75. The highest BCUT2D eigenvalue weighted by Crippen LogP contribution is 2.27. The van der Waals surface area contributed by atoms with E-state index in [1.807, 2.05) is 13.0 Å². The molecule has 3 rings (SSSR count). The molecule has 0 saturated heterocycles. The van der Waals surface area contributed by atoms with Gasteiger partial charge in [-0.2, -0.15) is 18.2 Å². The van der Waals surface area contributed by atoms with Crippen LogP contribution in [0.3, 0.4) is 0 Å². The Kier molecular flexibility index (Phi) is 5.47. The maximum absolute atomic E-state index is 12.9. The quantitative estimate of drug-likeness (QED) is 0.634. The van der Waals surface area contributed by atoms with Crippen molar-refractivity contribution in [3.05, 3.63) is 57.7 Å². The second-order valence-electron chi connectivity index (χ2n) is 6.90. The van der Waals surface area contributed by atoms with Gasteiger partial charge in [-0.05, 0) is 39.3 Å². The van der Waals surface area contributed by atoms with Crippen LogP contribution >= 0.6 is 0 Å². The Morgan fingerprint density at radius 2 is 1.77 bits per heavy atom. The summed E-state index contributed by atoms with van der Waals surface area (Å²) in [7, 11) is 0. The third-order valence-corrected chi connectivity index (χ3v) is 4.58. The predicted octanol–water partition coefficient (Wildman–Crippen LogP) is 2.38. The summed E-state index contributed by atoms with van der Waals surface area (Å²) in [6.07, 6.45) is -4.92. The van der Waals surface area contributed by atoms with Crippen molar-refractivity contribution in [2.45, 2.75) is 40.3 Å². The van der Waals surface area contributed by atoms with Crippen LogP contribution in [0.15, 0.2) is 18.2 Å². The molecule has 0 bridgehead atoms. The highest BCUT2D eigenvalue weighted by molar-refractivity contribution is 5.96. The molecule has 158 valence electrons. The van der Waals surface area contributed by atoms with Gasteiger partial charge >= 0.3 is 6.18 Å². The normalized spacial score (nSPS) is 11.6. The lowest BCUT2D eigenvalue weighted by atomic mass is 10.1. The first-order chi connectivity index (χ1) is 14.0. The van der Waals surface area contributed by atoms with E-state index in [0.29, 0.717) is 22.5 Å². The minimum absolute atomic E-state index is 0.204. The fraction of sp³-hybridized carbons (Fsp3) is 0.316. The molecule has 1 aromatic carbocycles. The molecule has 11 heteroatoms. The van der Waals surface area contributed by atoms with Crippen LogP contribution in [0.4, 0.5) is 13.2 Å². The van der Waals surface area contributed by atoms with Gasteiger partial charge in [-0.1, -0.05) is 17.7 Å². The summed E-state index contributed by atoms with van der Waals surface area (Å²) in [6.45, 7) is 6.77. The zero-order chi connectivity index (χ0) is 22.2. The van der Waals surface area contributed by atoms with Crippen molar-refractivity contribution in [3.8, 4) is 0 Å². The van der Waals surface area contributed by atoms with E-state index in [0.717, 1.165) is 15.6 Å². The summed E-state index contributed by atoms with van der Waals surface area (Å²) in [5, 5.41) is 3.44. The smallest absolute Gasteiger partial charge is 0.273 e. The summed E-state index contributed by atoms with van der Waals surface area (Å²) >= 11 is 0. The number of fused-ring (bicyclic) bond motifs is 1. The van der Waals surface area contributed by atoms with E-state index in [2.05, 4.69) is 25.9 Å². The molecule has 0 aliphatic rings. The molecule has 2 N–H and O–H groups in total. The van der Waals surface area contributed by atoms with Crippen LogP contribution in [0.25, 0.3) is 5.78 Å². The molecule has 0 saturated carbocycles. The van der Waals surface area contributed by atoms with Gasteiger partial charge in [0.1, 0.15) is 0 Å². The maximum Gasteiger partial charge on any atom is 0.453 e. The number of hydrogen-bond donors (Lipinski definition) is 2. The zero-order valence-electron chi connectivity index (χ0n) is 16.7. The Hall–Kier alpha value is -3.50. The molecule has 2 heterocycles. The molecule has 0 atom stereocenters. The summed E-state index contributed by atoms with van der Waals surface area (Å²) in [5.41, 5.74) is 7.86. The second kappa shape index (κ2) is 7.73. The van der Waals surface area contributed by atoms with E-state index in [1.165, 1.54) is 6.92 Å². The summed E-state index contributed by atoms with van der Waals surface area (Å²) in [5.74, 6) is -2.55. The van der Waals surface area contributed by atoms with E-state index in [4.69, 9.17) is 0 Å². The Morgan fingerprint density at radius 1 is 1.07 bits per heavy atom. The van der Waals surface area contributed by atoms with E-state index < -0.39 is 23.8 Å². The summed E-state index contributed by atoms with van der Waals surface area (Å²) in [6, 6.07) is 5.28. The minimum Gasteiger partial charge on any atom is -0.273 e. The van der Waals surface area contributed by atoms with Crippen LogP contribution in [0.2, 0.25) is 0 Å². The highest BCUT2D eigenvalue weighted by Gasteiger charge is 2.37. The number of carbonyl (C=O) groups is 2. The lowest BCUT2D eigenvalue weighted by Gasteiger charge is -2.12. The standard InChI is InChI=1S/C19H19F3N6O2/c1-9-5-6-13(10(2)7-9)16(30)26-25-15(29)8-14-11(3)23-18-24-17(19(20,21)22)27-28(18)12(14)4/h5-7H,8H2,1-4H3,(H,25,29)(H,26,30). The number of alkyl halides is 3. The molecule has 0 unspecified atom stereocenters. The molecule has 2 amide bonds. The molecule has 30 heavy (non-hydrogen) atoms. The first-order valence-corrected chi connectivity index (χ1v) is 8.94. The Bertz CT molecular complexity index is 1150. The van der Waals surface area contributed by atoms with Gasteiger partial charge in [0, 0.05) is 22.5 Å². The number of nitrogens with zero attached hydrogens (tertiary/aromatic N) is 4. The third kappa shape index (κ3) is 4.24. The number of nitrogens with one attached hydrogen (secondary N) is 2. The van der Waals surface area contributed by atoms with Crippen LogP contribution in [-0.2, 0) is 17.4 Å². The molecule has 8 nitrogen and oxygen atoms in total. The summed E-state index contributed by atoms with van der Waals surface area (Å²) in [4.78, 5) is 32.0. The third-order valence-electron chi connectivity index (χ3n) is 4.58. The summed E-state index contributed by atoms with van der Waals surface area (Å²) < 4.78 is 39.5. The molecule has 3 aromatic rings. The molecule has 2 aromatic heterocycles. The lowest BCUT2D eigenvalue weighted by Crippen LogP contribution is -2.42. The van der Waals surface area contributed by atoms with Crippen LogP contribution < -0.4 is 10.9 Å². The first-order valence-electron chi connectivity index (χ1n) is 8.94. The van der Waals surface area contributed by atoms with Crippen molar-refractivity contribution < 1.29 is 22.8 Å². The topological polar surface area (TPSA) is 101 Å². The van der Waals surface area contributed by atoms with Gasteiger partial charge in [0.15, 0.2) is 0 Å². The van der Waals surface area contributed by atoms with Crippen molar-refractivity contribution in [1.29, 1.82) is 0 Å². The molecule has 0 aliphatic carbocycles. The predicted molar refractivity (Wildman–Crippen MR) is 100 cm³/mol. The van der Waals surface area contributed by atoms with Crippen LogP contribution in [0.5, 0.6) is 0 Å². The largest absolute Gasteiger partial charge is 0.453 e. The monoisotopic (exact) mass is 420 g/mol. The molecular weight excluding hydrogens is 401 g/mol. The minimum atomic E-state index is -4.70. The fourth-order valence-electron chi connectivity index (χ4n) is 3.05. The van der Waals surface area contributed by atoms with Crippen molar-refractivity contribution in [2.75, 3.05) is 0 Å². The molecular formula is C19H19F3N6O2. The molecule has 0 spiro atoms. The lowest BCUT2D eigenvalue weighted by molar-refractivity contribution is -0.144. The number of aryl methyl sites for hydroxylation is 4. The van der Waals surface area contributed by atoms with Gasteiger partial charge in [0.25, 0.3) is 17.5 Å². The van der Waals surface area contributed by atoms with E-state index in [9.17, 15) is 22.8 Å². The number of hydrogen-bond acceptors (Lipinski definition) is 5. The number of benzene rings is 1. The number of halogens is 3. The molecule has 0 fully saturated rings. The average Bonchev–Trinajstić information content (AvgIpc) is 3.07. The van der Waals surface area contributed by atoms with E-state index in [1.54, 1.807) is 26.0 Å². The number of aromatic nitrogens is 4. The molecule has 0 aliphatic heterocycles. The number of rotatable bonds is 3. The van der Waals surface area contributed by atoms with Crippen molar-refractivity contribution in [3.63, 3.8) is 0 Å². The van der Waals surface area contributed by atoms with Gasteiger partial charge in [-0.3, -0.25) is 20.4 Å². The van der Waals surface area contributed by atoms with Crippen molar-refractivity contribution in [2.24, 2.45) is 0 Å². The van der Waals surface area contributed by atoms with Gasteiger partial charge < -0.3 is 0 Å². The van der Waals surface area contributed by atoms with Crippen LogP contribution in [0.1, 0.15) is 44.3 Å². The van der Waals surface area contributed by atoms with Gasteiger partial charge in [0.05, 0.1) is 6.42 Å². The second-order valence-corrected chi connectivity index (χ2v) is 6.90. The van der Waals surface area contributed by atoms with Crippen molar-refractivity contribution in [1.82, 2.24) is 30.4 Å². The highest BCUT2D eigenvalue weighted by atomic mass is 19.4. The Labute approximate surface area is 169 Å². The van der Waals surface area contributed by atoms with Crippen molar-refractivity contribution >= 4 is 17.6 Å². The van der Waals surface area contributed by atoms with Crippen LogP contribution in [-0.4, -0.2) is 31.4 Å². The average molecular weight is 420 g/mol. The van der Waals surface area contributed by atoms with Gasteiger partial charge in [0.2, 0.25) is 5.91 Å². The van der Waals surface area contributed by atoms with Gasteiger partial charge in [-0.15, -0.1) is 5.10 Å². The SMILES string of the molecule is Cc1ccc(C(=O)NNC(=O)Cc2c(C)nc3nc(C(F)(F)F)nn3c2C)c(C)c1. The maximum atomic E-state index is 12.9. The zero-order valence-corrected chi connectivity index (χ0v) is 16.7. The van der Waals surface area contributed by atoms with Gasteiger partial charge in [-0.25, -0.2) is 9.50 Å². The first kappa shape index (κ1) is 21.2. The van der Waals surface area contributed by atoms with Crippen LogP contribution in [0, 0.1) is 27.7 Å². The fourth-order valence-corrected chi connectivity index (χ4v) is 3.05. The number of carbonyl (C=O) groups excluding carboxylic acids is 2. The molecule has 0 radical (unpaired) electrons. The Morgan fingerprint density at radius 3 is 2.40 bits per heavy atom.